The van der Waals surface area contributed by atoms with Gasteiger partial charge in [0.25, 0.3) is 0 Å². The van der Waals surface area contributed by atoms with Gasteiger partial charge in [-0.3, -0.25) is 4.90 Å². The third kappa shape index (κ3) is 4.22. The second-order valence-corrected chi connectivity index (χ2v) is 5.88. The summed E-state index contributed by atoms with van der Waals surface area (Å²) in [7, 11) is 3.97. The summed E-state index contributed by atoms with van der Waals surface area (Å²) >= 11 is 0. The first-order chi connectivity index (χ1) is 9.72. The standard InChI is InChI=1S/C17H28N2O/c1-4-10-18-15-8-9-16(12-15)19(2)13-14-6-5-7-17(11-14)20-3/h5-7,11,15-16,18H,4,8-10,12-13H2,1-3H3. The van der Waals surface area contributed by atoms with Crippen molar-refractivity contribution in [2.75, 3.05) is 20.7 Å². The summed E-state index contributed by atoms with van der Waals surface area (Å²) in [6.45, 7) is 4.38. The summed E-state index contributed by atoms with van der Waals surface area (Å²) < 4.78 is 5.29. The lowest BCUT2D eigenvalue weighted by Crippen LogP contribution is -2.32. The number of nitrogens with one attached hydrogen (secondary N) is 1. The molecule has 1 aromatic rings. The number of hydrogen-bond donors (Lipinski definition) is 1. The average molecular weight is 276 g/mol. The Bertz CT molecular complexity index is 408. The fraction of sp³-hybridized carbons (Fsp3) is 0.647. The van der Waals surface area contributed by atoms with Crippen molar-refractivity contribution in [1.82, 2.24) is 10.2 Å². The van der Waals surface area contributed by atoms with Crippen molar-refractivity contribution >= 4 is 0 Å². The van der Waals surface area contributed by atoms with Crippen molar-refractivity contribution in [2.24, 2.45) is 0 Å². The largest absolute Gasteiger partial charge is 0.497 e. The molecule has 0 aromatic heterocycles. The van der Waals surface area contributed by atoms with Crippen LogP contribution in [0.1, 0.15) is 38.2 Å². The van der Waals surface area contributed by atoms with Gasteiger partial charge in [0.15, 0.2) is 0 Å². The molecule has 0 heterocycles. The van der Waals surface area contributed by atoms with Crippen molar-refractivity contribution < 1.29 is 4.74 Å². The number of methoxy groups -OCH3 is 1. The molecule has 2 rings (SSSR count). The van der Waals surface area contributed by atoms with Gasteiger partial charge in [-0.05, 0) is 57.0 Å². The highest BCUT2D eigenvalue weighted by Gasteiger charge is 2.26. The average Bonchev–Trinajstić information content (AvgIpc) is 2.94. The maximum absolute atomic E-state index is 5.29. The highest BCUT2D eigenvalue weighted by molar-refractivity contribution is 5.28. The zero-order valence-corrected chi connectivity index (χ0v) is 13.1. The van der Waals surface area contributed by atoms with Gasteiger partial charge in [-0.2, -0.15) is 0 Å². The van der Waals surface area contributed by atoms with Gasteiger partial charge < -0.3 is 10.1 Å². The zero-order valence-electron chi connectivity index (χ0n) is 13.1. The zero-order chi connectivity index (χ0) is 14.4. The molecular formula is C17H28N2O. The van der Waals surface area contributed by atoms with E-state index < -0.39 is 0 Å². The topological polar surface area (TPSA) is 24.5 Å². The number of ether oxygens (including phenoxy) is 1. The van der Waals surface area contributed by atoms with E-state index in [0.29, 0.717) is 12.1 Å². The van der Waals surface area contributed by atoms with E-state index in [1.165, 1.54) is 31.2 Å². The molecule has 0 aliphatic heterocycles. The molecule has 1 aromatic carbocycles. The van der Waals surface area contributed by atoms with Gasteiger partial charge in [-0.25, -0.2) is 0 Å². The first-order valence-corrected chi connectivity index (χ1v) is 7.79. The van der Waals surface area contributed by atoms with Crippen LogP contribution < -0.4 is 10.1 Å². The minimum Gasteiger partial charge on any atom is -0.497 e. The van der Waals surface area contributed by atoms with E-state index in [4.69, 9.17) is 4.74 Å². The fourth-order valence-electron chi connectivity index (χ4n) is 3.08. The summed E-state index contributed by atoms with van der Waals surface area (Å²) in [4.78, 5) is 2.49. The Kier molecular flexibility index (Phi) is 5.86. The summed E-state index contributed by atoms with van der Waals surface area (Å²) in [5, 5.41) is 3.65. The van der Waals surface area contributed by atoms with Crippen LogP contribution in [0.5, 0.6) is 5.75 Å². The highest BCUT2D eigenvalue weighted by Crippen LogP contribution is 2.25. The molecule has 112 valence electrons. The molecule has 0 bridgehead atoms. The van der Waals surface area contributed by atoms with Crippen molar-refractivity contribution in [3.05, 3.63) is 29.8 Å². The van der Waals surface area contributed by atoms with Crippen molar-refractivity contribution in [3.8, 4) is 5.75 Å². The monoisotopic (exact) mass is 276 g/mol. The van der Waals surface area contributed by atoms with E-state index in [1.807, 2.05) is 6.07 Å². The Labute approximate surface area is 123 Å². The lowest BCUT2D eigenvalue weighted by atomic mass is 10.1. The summed E-state index contributed by atoms with van der Waals surface area (Å²) in [5.74, 6) is 0.949. The fourth-order valence-corrected chi connectivity index (χ4v) is 3.08. The third-order valence-corrected chi connectivity index (χ3v) is 4.28. The van der Waals surface area contributed by atoms with Crippen molar-refractivity contribution in [2.45, 2.75) is 51.2 Å². The Morgan fingerprint density at radius 2 is 2.20 bits per heavy atom. The highest BCUT2D eigenvalue weighted by atomic mass is 16.5. The Hall–Kier alpha value is -1.06. The van der Waals surface area contributed by atoms with Gasteiger partial charge in [0.1, 0.15) is 5.75 Å². The number of nitrogens with zero attached hydrogens (tertiary/aromatic N) is 1. The summed E-state index contributed by atoms with van der Waals surface area (Å²) in [6, 6.07) is 9.81. The maximum Gasteiger partial charge on any atom is 0.119 e. The molecule has 0 saturated heterocycles. The lowest BCUT2D eigenvalue weighted by molar-refractivity contribution is 0.233. The molecule has 2 unspecified atom stereocenters. The van der Waals surface area contributed by atoms with Gasteiger partial charge in [0.2, 0.25) is 0 Å². The van der Waals surface area contributed by atoms with E-state index in [0.717, 1.165) is 18.8 Å². The quantitative estimate of drug-likeness (QED) is 0.828. The first-order valence-electron chi connectivity index (χ1n) is 7.79. The van der Waals surface area contributed by atoms with Gasteiger partial charge in [0, 0.05) is 18.6 Å². The summed E-state index contributed by atoms with van der Waals surface area (Å²) in [6.07, 6.45) is 5.12. The molecule has 0 radical (unpaired) electrons. The van der Waals surface area contributed by atoms with Crippen LogP contribution in [-0.4, -0.2) is 37.7 Å². The van der Waals surface area contributed by atoms with Crippen LogP contribution >= 0.6 is 0 Å². The van der Waals surface area contributed by atoms with Crippen molar-refractivity contribution in [3.63, 3.8) is 0 Å². The van der Waals surface area contributed by atoms with Gasteiger partial charge in [-0.1, -0.05) is 19.1 Å². The number of benzene rings is 1. The number of rotatable bonds is 7. The second-order valence-electron chi connectivity index (χ2n) is 5.88. The Morgan fingerprint density at radius 3 is 2.95 bits per heavy atom. The first kappa shape index (κ1) is 15.3. The Morgan fingerprint density at radius 1 is 1.35 bits per heavy atom. The third-order valence-electron chi connectivity index (χ3n) is 4.28. The SMILES string of the molecule is CCCNC1CCC(N(C)Cc2cccc(OC)c2)C1. The van der Waals surface area contributed by atoms with Crippen LogP contribution in [-0.2, 0) is 6.54 Å². The van der Waals surface area contributed by atoms with E-state index in [9.17, 15) is 0 Å². The van der Waals surface area contributed by atoms with E-state index >= 15 is 0 Å². The molecule has 0 amide bonds. The normalized spacial score (nSPS) is 22.4. The van der Waals surface area contributed by atoms with Gasteiger partial charge >= 0.3 is 0 Å². The van der Waals surface area contributed by atoms with Crippen LogP contribution in [0.4, 0.5) is 0 Å². The van der Waals surface area contributed by atoms with Gasteiger partial charge in [-0.15, -0.1) is 0 Å². The second kappa shape index (κ2) is 7.65. The predicted molar refractivity (Wildman–Crippen MR) is 84.2 cm³/mol. The molecule has 3 heteroatoms. The van der Waals surface area contributed by atoms with Gasteiger partial charge in [0.05, 0.1) is 7.11 Å². The smallest absolute Gasteiger partial charge is 0.119 e. The molecule has 1 fully saturated rings. The molecule has 1 N–H and O–H groups in total. The molecular weight excluding hydrogens is 248 g/mol. The molecule has 1 aliphatic carbocycles. The van der Waals surface area contributed by atoms with Crippen LogP contribution in [0.25, 0.3) is 0 Å². The van der Waals surface area contributed by atoms with Crippen LogP contribution in [0, 0.1) is 0 Å². The van der Waals surface area contributed by atoms with Crippen LogP contribution in [0.2, 0.25) is 0 Å². The molecule has 2 atom stereocenters. The van der Waals surface area contributed by atoms with E-state index in [2.05, 4.69) is 42.4 Å². The molecule has 3 nitrogen and oxygen atoms in total. The Balaban J connectivity index is 1.84. The molecule has 20 heavy (non-hydrogen) atoms. The maximum atomic E-state index is 5.29. The van der Waals surface area contributed by atoms with E-state index in [1.54, 1.807) is 7.11 Å². The molecule has 1 saturated carbocycles. The molecule has 1 aliphatic rings. The minimum absolute atomic E-state index is 0.704. The van der Waals surface area contributed by atoms with Crippen LogP contribution in [0.15, 0.2) is 24.3 Å². The predicted octanol–water partition coefficient (Wildman–Crippen LogP) is 3.05. The van der Waals surface area contributed by atoms with Crippen molar-refractivity contribution in [1.29, 1.82) is 0 Å². The summed E-state index contributed by atoms with van der Waals surface area (Å²) in [5.41, 5.74) is 1.33. The van der Waals surface area contributed by atoms with E-state index in [-0.39, 0.29) is 0 Å². The lowest BCUT2D eigenvalue weighted by Gasteiger charge is -2.24. The number of hydrogen-bond acceptors (Lipinski definition) is 3. The van der Waals surface area contributed by atoms with Crippen LogP contribution in [0.3, 0.4) is 0 Å². The minimum atomic E-state index is 0.704. The molecule has 0 spiro atoms.